The highest BCUT2D eigenvalue weighted by atomic mass is 35.5. The van der Waals surface area contributed by atoms with E-state index in [2.05, 4.69) is 4.72 Å². The Morgan fingerprint density at radius 2 is 1.68 bits per heavy atom. The van der Waals surface area contributed by atoms with Crippen LogP contribution in [0.2, 0.25) is 15.1 Å². The molecule has 0 saturated heterocycles. The lowest BCUT2D eigenvalue weighted by Gasteiger charge is -2.11. The molecule has 0 fully saturated rings. The van der Waals surface area contributed by atoms with Crippen LogP contribution in [0.4, 0.5) is 5.69 Å². The number of sulfonamides is 1. The average molecular weight is 381 g/mol. The van der Waals surface area contributed by atoms with Crippen molar-refractivity contribution in [3.05, 3.63) is 57.0 Å². The molecule has 1 N–H and O–H groups in total. The van der Waals surface area contributed by atoms with Crippen LogP contribution in [0.3, 0.4) is 0 Å². The number of halogens is 3. The van der Waals surface area contributed by atoms with Gasteiger partial charge in [-0.1, -0.05) is 40.9 Å². The second-order valence-corrected chi connectivity index (χ2v) is 7.40. The molecule has 0 bridgehead atoms. The number of rotatable bonds is 5. The second-order valence-electron chi connectivity index (χ2n) is 4.46. The first-order valence-corrected chi connectivity index (χ1v) is 8.87. The number of methoxy groups -OCH3 is 1. The highest BCUT2D eigenvalue weighted by Crippen LogP contribution is 2.28. The van der Waals surface area contributed by atoms with Crippen LogP contribution in [0.1, 0.15) is 5.56 Å². The van der Waals surface area contributed by atoms with Gasteiger partial charge >= 0.3 is 0 Å². The van der Waals surface area contributed by atoms with Crippen LogP contribution in [0, 0.1) is 0 Å². The number of ether oxygens (including phenoxy) is 1. The molecule has 0 saturated carbocycles. The van der Waals surface area contributed by atoms with Gasteiger partial charge in [0.15, 0.2) is 0 Å². The van der Waals surface area contributed by atoms with Crippen LogP contribution in [0.15, 0.2) is 36.4 Å². The van der Waals surface area contributed by atoms with Crippen LogP contribution >= 0.6 is 34.8 Å². The minimum absolute atomic E-state index is 0.251. The molecule has 2 rings (SSSR count). The monoisotopic (exact) mass is 379 g/mol. The molecule has 0 aliphatic rings. The summed E-state index contributed by atoms with van der Waals surface area (Å²) in [5.74, 6) is 0.244. The van der Waals surface area contributed by atoms with E-state index in [0.29, 0.717) is 21.4 Å². The first kappa shape index (κ1) is 17.2. The van der Waals surface area contributed by atoms with Crippen molar-refractivity contribution in [3.63, 3.8) is 0 Å². The molecular weight excluding hydrogens is 369 g/mol. The van der Waals surface area contributed by atoms with Gasteiger partial charge in [0.1, 0.15) is 5.75 Å². The van der Waals surface area contributed by atoms with Gasteiger partial charge in [-0.3, -0.25) is 4.72 Å². The summed E-state index contributed by atoms with van der Waals surface area (Å²) in [5.41, 5.74) is 0.766. The third-order valence-electron chi connectivity index (χ3n) is 2.78. The van der Waals surface area contributed by atoms with Gasteiger partial charge in [-0.15, -0.1) is 0 Å². The second kappa shape index (κ2) is 6.96. The van der Waals surface area contributed by atoms with E-state index in [9.17, 15) is 8.42 Å². The molecule has 22 heavy (non-hydrogen) atoms. The van der Waals surface area contributed by atoms with Gasteiger partial charge in [0.25, 0.3) is 0 Å². The summed E-state index contributed by atoms with van der Waals surface area (Å²) in [6.45, 7) is 0. The lowest BCUT2D eigenvalue weighted by Crippen LogP contribution is -2.15. The van der Waals surface area contributed by atoms with Crippen LogP contribution in [-0.4, -0.2) is 15.5 Å². The molecule has 2 aromatic rings. The van der Waals surface area contributed by atoms with Gasteiger partial charge < -0.3 is 4.74 Å². The Balaban J connectivity index is 2.22. The molecule has 0 unspecified atom stereocenters. The highest BCUT2D eigenvalue weighted by molar-refractivity contribution is 7.91. The maximum atomic E-state index is 12.2. The lowest BCUT2D eigenvalue weighted by atomic mass is 10.2. The van der Waals surface area contributed by atoms with E-state index >= 15 is 0 Å². The van der Waals surface area contributed by atoms with Gasteiger partial charge in [0, 0.05) is 6.07 Å². The van der Waals surface area contributed by atoms with Crippen molar-refractivity contribution in [1.82, 2.24) is 0 Å². The molecule has 0 aromatic heterocycles. The molecule has 0 aliphatic carbocycles. The maximum absolute atomic E-state index is 12.2. The minimum Gasteiger partial charge on any atom is -0.497 e. The summed E-state index contributed by atoms with van der Waals surface area (Å²) in [7, 11) is -2.17. The van der Waals surface area contributed by atoms with Crippen molar-refractivity contribution in [2.75, 3.05) is 11.8 Å². The summed E-state index contributed by atoms with van der Waals surface area (Å²) in [4.78, 5) is 0. The van der Waals surface area contributed by atoms with Gasteiger partial charge in [0.05, 0.1) is 33.6 Å². The average Bonchev–Trinajstić information content (AvgIpc) is 2.44. The Labute approximate surface area is 144 Å². The number of hydrogen-bond acceptors (Lipinski definition) is 3. The number of benzene rings is 2. The van der Waals surface area contributed by atoms with Crippen molar-refractivity contribution in [3.8, 4) is 5.75 Å². The summed E-state index contributed by atoms with van der Waals surface area (Å²) < 4.78 is 31.9. The van der Waals surface area contributed by atoms with Crippen molar-refractivity contribution < 1.29 is 13.2 Å². The van der Waals surface area contributed by atoms with Crippen molar-refractivity contribution in [1.29, 1.82) is 0 Å². The van der Waals surface area contributed by atoms with Gasteiger partial charge in [-0.2, -0.15) is 0 Å². The van der Waals surface area contributed by atoms with Gasteiger partial charge in [-0.05, 0) is 29.8 Å². The van der Waals surface area contributed by atoms with E-state index in [0.717, 1.165) is 0 Å². The number of nitrogens with one attached hydrogen (secondary N) is 1. The highest BCUT2D eigenvalue weighted by Gasteiger charge is 2.15. The maximum Gasteiger partial charge on any atom is 0.236 e. The molecule has 118 valence electrons. The van der Waals surface area contributed by atoms with E-state index in [-0.39, 0.29) is 16.5 Å². The SMILES string of the molecule is COc1ccc(Cl)c(NS(=O)(=O)Cc2ccc(Cl)c(Cl)c2)c1. The molecule has 0 spiro atoms. The Hall–Kier alpha value is -1.14. The smallest absolute Gasteiger partial charge is 0.236 e. The van der Waals surface area contributed by atoms with E-state index in [1.807, 2.05) is 0 Å². The fraction of sp³-hybridized carbons (Fsp3) is 0.143. The van der Waals surface area contributed by atoms with Crippen LogP contribution in [0.5, 0.6) is 5.75 Å². The van der Waals surface area contributed by atoms with Crippen LogP contribution < -0.4 is 9.46 Å². The Morgan fingerprint density at radius 3 is 2.32 bits per heavy atom. The lowest BCUT2D eigenvalue weighted by molar-refractivity contribution is 0.415. The molecule has 2 aromatic carbocycles. The quantitative estimate of drug-likeness (QED) is 0.825. The molecule has 0 heterocycles. The van der Waals surface area contributed by atoms with Crippen LogP contribution in [-0.2, 0) is 15.8 Å². The third-order valence-corrected chi connectivity index (χ3v) is 5.09. The van der Waals surface area contributed by atoms with E-state index < -0.39 is 10.0 Å². The Kier molecular flexibility index (Phi) is 5.45. The Bertz CT molecular complexity index is 794. The third kappa shape index (κ3) is 4.43. The predicted molar refractivity (Wildman–Crippen MR) is 90.7 cm³/mol. The summed E-state index contributed by atoms with van der Waals surface area (Å²) in [6, 6.07) is 9.36. The standard InChI is InChI=1S/C14H12Cl3NO3S/c1-21-10-3-5-12(16)14(7-10)18-22(19,20)8-9-2-4-11(15)13(17)6-9/h2-7,18H,8H2,1H3. The largest absolute Gasteiger partial charge is 0.497 e. The molecule has 4 nitrogen and oxygen atoms in total. The molecular formula is C14H12Cl3NO3S. The zero-order chi connectivity index (χ0) is 16.3. The first-order chi connectivity index (χ1) is 10.3. The molecule has 0 aliphatic heterocycles. The minimum atomic E-state index is -3.66. The topological polar surface area (TPSA) is 55.4 Å². The van der Waals surface area contributed by atoms with E-state index in [1.54, 1.807) is 24.3 Å². The van der Waals surface area contributed by atoms with E-state index in [1.165, 1.54) is 19.2 Å². The van der Waals surface area contributed by atoms with Crippen molar-refractivity contribution in [2.45, 2.75) is 5.75 Å². The predicted octanol–water partition coefficient (Wildman–Crippen LogP) is 4.60. The first-order valence-electron chi connectivity index (χ1n) is 6.09. The van der Waals surface area contributed by atoms with Gasteiger partial charge in [-0.25, -0.2) is 8.42 Å². The molecule has 0 atom stereocenters. The number of hydrogen-bond donors (Lipinski definition) is 1. The molecule has 0 radical (unpaired) electrons. The summed E-state index contributed by atoms with van der Waals surface area (Å²) in [5, 5.41) is 0.943. The molecule has 8 heteroatoms. The normalized spacial score (nSPS) is 11.3. The summed E-state index contributed by atoms with van der Waals surface area (Å²) in [6.07, 6.45) is 0. The fourth-order valence-electron chi connectivity index (χ4n) is 1.76. The van der Waals surface area contributed by atoms with Crippen LogP contribution in [0.25, 0.3) is 0 Å². The summed E-state index contributed by atoms with van der Waals surface area (Å²) >= 11 is 17.7. The van der Waals surface area contributed by atoms with Crippen molar-refractivity contribution >= 4 is 50.5 Å². The van der Waals surface area contributed by atoms with E-state index in [4.69, 9.17) is 39.5 Å². The zero-order valence-corrected chi connectivity index (χ0v) is 14.5. The zero-order valence-electron chi connectivity index (χ0n) is 11.4. The number of anilines is 1. The Morgan fingerprint density at radius 1 is 1.00 bits per heavy atom. The fourth-order valence-corrected chi connectivity index (χ4v) is 3.50. The van der Waals surface area contributed by atoms with Gasteiger partial charge in [0.2, 0.25) is 10.0 Å². The van der Waals surface area contributed by atoms with Crippen molar-refractivity contribution in [2.24, 2.45) is 0 Å². The molecule has 0 amide bonds.